The third-order valence-corrected chi connectivity index (χ3v) is 13.7. The Bertz CT molecular complexity index is 3390. The number of fused-ring (bicyclic) bond motifs is 2. The van der Waals surface area contributed by atoms with Gasteiger partial charge in [0.05, 0.1) is 37.4 Å². The van der Waals surface area contributed by atoms with Gasteiger partial charge >= 0.3 is 25.3 Å². The zero-order valence-corrected chi connectivity index (χ0v) is 47.9. The average Bonchev–Trinajstić information content (AvgIpc) is 3.95. The van der Waals surface area contributed by atoms with Crippen molar-refractivity contribution >= 4 is 39.3 Å². The van der Waals surface area contributed by atoms with Crippen molar-refractivity contribution in [2.45, 2.75) is 118 Å². The number of carbonyl (C=O) groups excluding carboxylic acids is 2. The van der Waals surface area contributed by atoms with E-state index in [2.05, 4.69) is 31.8 Å². The fourth-order valence-electron chi connectivity index (χ4n) is 10.3. The van der Waals surface area contributed by atoms with Crippen LogP contribution in [0.1, 0.15) is 132 Å². The second-order valence-corrected chi connectivity index (χ2v) is 19.1. The van der Waals surface area contributed by atoms with Crippen LogP contribution in [0.25, 0.3) is 21.8 Å². The third kappa shape index (κ3) is 16.0. The molecule has 0 bridgehead atoms. The number of aryl methyl sites for hydroxylation is 2. The quantitative estimate of drug-likeness (QED) is 0.0447. The predicted molar refractivity (Wildman–Crippen MR) is 289 cm³/mol. The zero-order valence-electron chi connectivity index (χ0n) is 45.7. The number of H-pyrrole nitrogens is 2. The van der Waals surface area contributed by atoms with E-state index in [1.165, 1.54) is 26.5 Å². The number of rotatable bonds is 16. The number of benzene rings is 2. The maximum atomic E-state index is 13.5. The molecule has 432 valence electrons. The Labute approximate surface area is 464 Å². The number of aromatic amines is 2. The molecule has 1 saturated heterocycles. The van der Waals surface area contributed by atoms with Crippen LogP contribution < -0.4 is 25.9 Å². The third-order valence-electron chi connectivity index (χ3n) is 13.7. The monoisotopic (exact) mass is 1290 g/mol. The van der Waals surface area contributed by atoms with Crippen molar-refractivity contribution in [1.29, 1.82) is 0 Å². The summed E-state index contributed by atoms with van der Waals surface area (Å²) in [5.74, 6) is 0.0193. The van der Waals surface area contributed by atoms with E-state index in [1.807, 2.05) is 73.9 Å². The van der Waals surface area contributed by atoms with Gasteiger partial charge in [-0.25, -0.2) is 17.6 Å². The fraction of sp³-hybridized carbons (Fsp3) is 0.404. The molecular weight excluding hydrogens is 1220 g/mol. The summed E-state index contributed by atoms with van der Waals surface area (Å²) in [6.07, 6.45) is -1.71. The number of ketones is 2. The van der Waals surface area contributed by atoms with Gasteiger partial charge in [0.15, 0.2) is 11.6 Å². The molecular formula is C57H70F4N6O11Pt. The number of ether oxygens (including phenoxy) is 2. The van der Waals surface area contributed by atoms with Gasteiger partial charge in [-0.2, -0.15) is 0 Å². The Kier molecular flexibility index (Phi) is 24.7. The molecule has 4 unspecified atom stereocenters. The van der Waals surface area contributed by atoms with E-state index in [0.29, 0.717) is 63.7 Å². The summed E-state index contributed by atoms with van der Waals surface area (Å²) in [6, 6.07) is 20.8. The van der Waals surface area contributed by atoms with Gasteiger partial charge in [0.2, 0.25) is 0 Å². The number of halogens is 4. The predicted octanol–water partition coefficient (Wildman–Crippen LogP) is 10.4. The number of hydrogen-bond acceptors (Lipinski definition) is 12. The Balaban J connectivity index is 0.000000362. The molecule has 0 radical (unpaired) electrons. The summed E-state index contributed by atoms with van der Waals surface area (Å²) in [6.45, 7) is 12.9. The van der Waals surface area contributed by atoms with Crippen molar-refractivity contribution in [3.8, 4) is 11.5 Å². The van der Waals surface area contributed by atoms with Crippen LogP contribution in [0.3, 0.4) is 0 Å². The number of aliphatic hydroxyl groups excluding tert-OH is 1. The number of aliphatic hydroxyl groups is 1. The molecule has 7 aromatic rings. The molecule has 22 heteroatoms. The number of carboxylic acids is 1. The van der Waals surface area contributed by atoms with E-state index >= 15 is 0 Å². The van der Waals surface area contributed by atoms with Gasteiger partial charge in [0, 0.05) is 96.2 Å². The van der Waals surface area contributed by atoms with Crippen LogP contribution in [0.15, 0.2) is 88.6 Å². The summed E-state index contributed by atoms with van der Waals surface area (Å²) >= 11 is -1.92. The number of para-hydroxylation sites is 2. The first-order valence-corrected chi connectivity index (χ1v) is 27.0. The van der Waals surface area contributed by atoms with E-state index in [4.69, 9.17) is 31.3 Å². The number of carbonyl (C=O) groups is 3. The van der Waals surface area contributed by atoms with Gasteiger partial charge in [0.1, 0.15) is 17.2 Å². The first kappa shape index (κ1) is 64.4. The van der Waals surface area contributed by atoms with Gasteiger partial charge in [-0.3, -0.25) is 29.0 Å². The normalized spacial score (nSPS) is 14.6. The number of pyridine rings is 3. The average molecular weight is 1290 g/mol. The van der Waals surface area contributed by atoms with Crippen LogP contribution in [-0.2, 0) is 42.9 Å². The number of Topliss-reactive ketones (excluding diaryl/α,β-unsaturated/α-hetero) is 2. The summed E-state index contributed by atoms with van der Waals surface area (Å²) in [4.78, 5) is 70.2. The second-order valence-electron chi connectivity index (χ2n) is 18.7. The van der Waals surface area contributed by atoms with Gasteiger partial charge in [-0.15, -0.1) is 0 Å². The van der Waals surface area contributed by atoms with Crippen molar-refractivity contribution in [1.82, 2.24) is 29.4 Å². The molecule has 2 aromatic carbocycles. The van der Waals surface area contributed by atoms with Crippen LogP contribution in [0, 0.1) is 33.6 Å². The van der Waals surface area contributed by atoms with Crippen molar-refractivity contribution in [3.63, 3.8) is 0 Å². The van der Waals surface area contributed by atoms with Crippen LogP contribution in [-0.4, -0.2) is 92.2 Å². The number of methoxy groups -OCH3 is 2. The SMILES string of the molecule is CC(=O)O.CO.COc1cc(C)[nH]c(=O)c1CCC(=O)c1c(C)n(C(C)C2CCNC(C(F)F)C2)c2ccccc12.COc1cc(C)[nH]c(=O)c1CCC(=O)c1c(C)n(C(C)c2ccnc(C(F)F)c2)c2ccccc12.[HH].[O]=[Pt]=[O]. The van der Waals surface area contributed by atoms with Gasteiger partial charge in [-0.1, -0.05) is 36.4 Å². The molecule has 0 amide bonds. The minimum atomic E-state index is -2.66. The Morgan fingerprint density at radius 1 is 0.759 bits per heavy atom. The van der Waals surface area contributed by atoms with E-state index in [9.17, 15) is 36.7 Å². The molecule has 8 rings (SSSR count). The van der Waals surface area contributed by atoms with Crippen LogP contribution in [0.2, 0.25) is 0 Å². The number of aromatic nitrogens is 5. The molecule has 4 atom stereocenters. The van der Waals surface area contributed by atoms with Gasteiger partial charge in [0.25, 0.3) is 29.9 Å². The molecule has 1 fully saturated rings. The summed E-state index contributed by atoms with van der Waals surface area (Å²) in [7, 11) is 4.01. The maximum absolute atomic E-state index is 13.5. The number of nitrogens with one attached hydrogen (secondary N) is 3. The fourth-order valence-corrected chi connectivity index (χ4v) is 10.3. The Morgan fingerprint density at radius 2 is 1.20 bits per heavy atom. The molecule has 6 heterocycles. The van der Waals surface area contributed by atoms with Crippen molar-refractivity contribution in [2.75, 3.05) is 27.9 Å². The zero-order chi connectivity index (χ0) is 58.8. The summed E-state index contributed by atoms with van der Waals surface area (Å²) in [5.41, 5.74) is 6.68. The van der Waals surface area contributed by atoms with Crippen molar-refractivity contribution < 1.29 is 78.3 Å². The van der Waals surface area contributed by atoms with E-state index < -0.39 is 43.4 Å². The number of hydrogen-bond donors (Lipinski definition) is 5. The number of aliphatic carboxylic acids is 1. The van der Waals surface area contributed by atoms with Crippen molar-refractivity contribution in [3.05, 3.63) is 156 Å². The molecule has 0 aliphatic carbocycles. The summed E-state index contributed by atoms with van der Waals surface area (Å²) in [5, 5.41) is 19.0. The number of alkyl halides is 4. The number of piperidine rings is 1. The summed E-state index contributed by atoms with van der Waals surface area (Å²) < 4.78 is 85.1. The molecule has 79 heavy (non-hydrogen) atoms. The Hall–Kier alpha value is -7.09. The molecule has 0 saturated carbocycles. The number of nitrogens with zero attached hydrogens (tertiary/aromatic N) is 3. The first-order valence-electron chi connectivity index (χ1n) is 25.1. The molecule has 0 spiro atoms. The van der Waals surface area contributed by atoms with Crippen LogP contribution in [0.4, 0.5) is 17.6 Å². The van der Waals surface area contributed by atoms with E-state index in [0.717, 1.165) is 53.6 Å². The van der Waals surface area contributed by atoms with Gasteiger partial charge in [-0.05, 0) is 122 Å². The number of carboxylic acid groups (broad SMARTS) is 1. The molecule has 17 nitrogen and oxygen atoms in total. The van der Waals surface area contributed by atoms with Gasteiger partial charge < -0.3 is 44.1 Å². The standard InChI is InChI=1S/C27H33F2N3O3.C27H27F2N3O3.C2H4O2.CH4O.2O.Pt.H2/c2*1-15-13-24(35-4)20(27(34)31-15)9-10-23(33)25-17(3)32(22-8-6-5-7-19(22)25)16(2)18-11-12-30-21(14-18)26(28)29;1-2(3)4;1-2;;;;/h5-8,13,16,18,21,26,30H,9-12,14H2,1-4H3,(H,31,34);5-8,11-14,16,26H,9-10H2,1-4H3,(H,31,34);1H3,(H,3,4);2H,1H3;;;;1H. The van der Waals surface area contributed by atoms with E-state index in [-0.39, 0.29) is 73.5 Å². The molecule has 1 aliphatic rings. The second kappa shape index (κ2) is 30.3. The van der Waals surface area contributed by atoms with Crippen LogP contribution in [0.5, 0.6) is 11.5 Å². The van der Waals surface area contributed by atoms with E-state index in [1.54, 1.807) is 32.0 Å². The van der Waals surface area contributed by atoms with Crippen LogP contribution >= 0.6 is 0 Å². The minimum absolute atomic E-state index is 0. The van der Waals surface area contributed by atoms with Crippen molar-refractivity contribution in [2.24, 2.45) is 5.92 Å². The molecule has 1 aliphatic heterocycles. The molecule has 5 aromatic heterocycles. The molecule has 5 N–H and O–H groups in total. The first-order chi connectivity index (χ1) is 37.6. The topological polar surface area (TPSA) is 245 Å². The Morgan fingerprint density at radius 3 is 1.65 bits per heavy atom.